The van der Waals surface area contributed by atoms with E-state index in [0.29, 0.717) is 22.2 Å². The summed E-state index contributed by atoms with van der Waals surface area (Å²) in [5.41, 5.74) is 7.66. The second-order valence-electron chi connectivity index (χ2n) is 4.59. The molecule has 5 nitrogen and oxygen atoms in total. The maximum Gasteiger partial charge on any atom is 0.275 e. The number of hydrogen-bond donors (Lipinski definition) is 2. The Labute approximate surface area is 127 Å². The molecule has 0 saturated heterocycles. The number of aromatic nitrogens is 2. The first-order chi connectivity index (χ1) is 10.7. The Morgan fingerprint density at radius 2 is 1.82 bits per heavy atom. The van der Waals surface area contributed by atoms with Gasteiger partial charge in [-0.25, -0.2) is 9.97 Å². The fourth-order valence-electron chi connectivity index (χ4n) is 2.17. The van der Waals surface area contributed by atoms with Crippen molar-refractivity contribution in [2.45, 2.75) is 0 Å². The van der Waals surface area contributed by atoms with Gasteiger partial charge in [0.1, 0.15) is 5.69 Å². The lowest BCUT2D eigenvalue weighted by Crippen LogP contribution is -2.16. The van der Waals surface area contributed by atoms with Crippen molar-refractivity contribution in [3.05, 3.63) is 59.8 Å². The van der Waals surface area contributed by atoms with Crippen molar-refractivity contribution in [2.75, 3.05) is 11.1 Å². The Balaban J connectivity index is 2.05. The van der Waals surface area contributed by atoms with Crippen LogP contribution in [-0.4, -0.2) is 15.9 Å². The molecule has 0 aliphatic rings. The standard InChI is InChI=1S/C17H12N4O/c1-2-11-7-3-5-9-13(11)19-16(22)15-12-8-4-6-10-14(12)20-17(18)21-15/h1,3-10H,(H,19,22)(H2,18,20,21). The smallest absolute Gasteiger partial charge is 0.275 e. The summed E-state index contributed by atoms with van der Waals surface area (Å²) in [6.45, 7) is 0. The van der Waals surface area contributed by atoms with E-state index >= 15 is 0 Å². The van der Waals surface area contributed by atoms with Gasteiger partial charge in [-0.3, -0.25) is 4.79 Å². The molecule has 1 heterocycles. The third-order valence-corrected chi connectivity index (χ3v) is 3.17. The Kier molecular flexibility index (Phi) is 3.42. The highest BCUT2D eigenvalue weighted by atomic mass is 16.1. The van der Waals surface area contributed by atoms with Gasteiger partial charge >= 0.3 is 0 Å². The first kappa shape index (κ1) is 13.6. The number of fused-ring (bicyclic) bond motifs is 1. The van der Waals surface area contributed by atoms with Crippen molar-refractivity contribution in [2.24, 2.45) is 0 Å². The summed E-state index contributed by atoms with van der Waals surface area (Å²) < 4.78 is 0. The van der Waals surface area contributed by atoms with E-state index in [9.17, 15) is 4.79 Å². The number of benzene rings is 2. The minimum absolute atomic E-state index is 0.0501. The van der Waals surface area contributed by atoms with Gasteiger partial charge in [-0.05, 0) is 18.2 Å². The average molecular weight is 288 g/mol. The van der Waals surface area contributed by atoms with Gasteiger partial charge in [0.05, 0.1) is 11.2 Å². The summed E-state index contributed by atoms with van der Waals surface area (Å²) in [7, 11) is 0. The van der Waals surface area contributed by atoms with Crippen LogP contribution in [0.5, 0.6) is 0 Å². The van der Waals surface area contributed by atoms with E-state index in [1.807, 2.05) is 18.2 Å². The highest BCUT2D eigenvalue weighted by Crippen LogP contribution is 2.19. The lowest BCUT2D eigenvalue weighted by atomic mass is 10.1. The van der Waals surface area contributed by atoms with Gasteiger partial charge in [-0.15, -0.1) is 6.42 Å². The van der Waals surface area contributed by atoms with Crippen LogP contribution in [-0.2, 0) is 0 Å². The number of amides is 1. The molecule has 0 radical (unpaired) electrons. The zero-order valence-electron chi connectivity index (χ0n) is 11.6. The number of terminal acetylenes is 1. The third-order valence-electron chi connectivity index (χ3n) is 3.17. The molecule has 0 saturated carbocycles. The second kappa shape index (κ2) is 5.54. The number of carbonyl (C=O) groups excluding carboxylic acids is 1. The molecule has 0 spiro atoms. The van der Waals surface area contributed by atoms with Gasteiger partial charge in [0.25, 0.3) is 5.91 Å². The Morgan fingerprint density at radius 3 is 2.64 bits per heavy atom. The van der Waals surface area contributed by atoms with E-state index in [1.165, 1.54) is 0 Å². The van der Waals surface area contributed by atoms with Crippen LogP contribution < -0.4 is 11.1 Å². The van der Waals surface area contributed by atoms with Crippen molar-refractivity contribution < 1.29 is 4.79 Å². The number of para-hydroxylation sites is 2. The van der Waals surface area contributed by atoms with E-state index in [4.69, 9.17) is 12.2 Å². The van der Waals surface area contributed by atoms with Gasteiger partial charge < -0.3 is 11.1 Å². The van der Waals surface area contributed by atoms with Crippen molar-refractivity contribution in [1.82, 2.24) is 9.97 Å². The molecule has 0 aliphatic carbocycles. The first-order valence-electron chi connectivity index (χ1n) is 6.58. The highest BCUT2D eigenvalue weighted by Gasteiger charge is 2.15. The van der Waals surface area contributed by atoms with E-state index in [-0.39, 0.29) is 17.5 Å². The van der Waals surface area contributed by atoms with Crippen molar-refractivity contribution in [3.63, 3.8) is 0 Å². The molecule has 2 aromatic carbocycles. The minimum Gasteiger partial charge on any atom is -0.368 e. The van der Waals surface area contributed by atoms with E-state index < -0.39 is 0 Å². The predicted octanol–water partition coefficient (Wildman–Crippen LogP) is 2.45. The lowest BCUT2D eigenvalue weighted by molar-refractivity contribution is 0.102. The molecular weight excluding hydrogens is 276 g/mol. The molecule has 0 bridgehead atoms. The van der Waals surface area contributed by atoms with Crippen LogP contribution in [0.25, 0.3) is 10.9 Å². The summed E-state index contributed by atoms with van der Waals surface area (Å²) in [6.07, 6.45) is 5.43. The molecule has 3 aromatic rings. The summed E-state index contributed by atoms with van der Waals surface area (Å²) >= 11 is 0. The zero-order valence-corrected chi connectivity index (χ0v) is 11.6. The van der Waals surface area contributed by atoms with E-state index in [2.05, 4.69) is 21.2 Å². The molecule has 1 amide bonds. The Bertz CT molecular complexity index is 912. The highest BCUT2D eigenvalue weighted by molar-refractivity contribution is 6.11. The molecule has 5 heteroatoms. The molecule has 0 unspecified atom stereocenters. The van der Waals surface area contributed by atoms with Crippen LogP contribution >= 0.6 is 0 Å². The van der Waals surface area contributed by atoms with Gasteiger partial charge in [0.2, 0.25) is 5.95 Å². The summed E-state index contributed by atoms with van der Waals surface area (Å²) in [6, 6.07) is 14.3. The lowest BCUT2D eigenvalue weighted by Gasteiger charge is -2.09. The Morgan fingerprint density at radius 1 is 1.09 bits per heavy atom. The van der Waals surface area contributed by atoms with Crippen LogP contribution in [0.15, 0.2) is 48.5 Å². The number of nitrogens with two attached hydrogens (primary N) is 1. The van der Waals surface area contributed by atoms with Gasteiger partial charge in [0.15, 0.2) is 0 Å². The maximum atomic E-state index is 12.5. The normalized spacial score (nSPS) is 10.1. The molecule has 1 aromatic heterocycles. The summed E-state index contributed by atoms with van der Waals surface area (Å²) in [5, 5.41) is 3.40. The van der Waals surface area contributed by atoms with Crippen LogP contribution in [0.1, 0.15) is 16.1 Å². The summed E-state index contributed by atoms with van der Waals surface area (Å²) in [4.78, 5) is 20.7. The van der Waals surface area contributed by atoms with Gasteiger partial charge in [0, 0.05) is 10.9 Å². The molecule has 106 valence electrons. The quantitative estimate of drug-likeness (QED) is 0.710. The number of rotatable bonds is 2. The SMILES string of the molecule is C#Cc1ccccc1NC(=O)c1nc(N)nc2ccccc12. The van der Waals surface area contributed by atoms with Crippen LogP contribution in [0.2, 0.25) is 0 Å². The second-order valence-corrected chi connectivity index (χ2v) is 4.59. The van der Waals surface area contributed by atoms with E-state index in [1.54, 1.807) is 30.3 Å². The molecule has 22 heavy (non-hydrogen) atoms. The predicted molar refractivity (Wildman–Crippen MR) is 86.3 cm³/mol. The minimum atomic E-state index is -0.381. The van der Waals surface area contributed by atoms with Crippen LogP contribution in [0.4, 0.5) is 11.6 Å². The summed E-state index contributed by atoms with van der Waals surface area (Å²) in [5.74, 6) is 2.20. The molecular formula is C17H12N4O. The van der Waals surface area contributed by atoms with E-state index in [0.717, 1.165) is 0 Å². The number of nitrogens with one attached hydrogen (secondary N) is 1. The number of nitrogen functional groups attached to an aromatic ring is 1. The maximum absolute atomic E-state index is 12.5. The monoisotopic (exact) mass is 288 g/mol. The van der Waals surface area contributed by atoms with Gasteiger partial charge in [-0.2, -0.15) is 0 Å². The number of anilines is 2. The fraction of sp³-hybridized carbons (Fsp3) is 0. The van der Waals surface area contributed by atoms with Crippen LogP contribution in [0, 0.1) is 12.3 Å². The van der Waals surface area contributed by atoms with Crippen molar-refractivity contribution in [1.29, 1.82) is 0 Å². The Hall–Kier alpha value is -3.39. The number of hydrogen-bond acceptors (Lipinski definition) is 4. The molecule has 3 rings (SSSR count). The van der Waals surface area contributed by atoms with Gasteiger partial charge in [-0.1, -0.05) is 36.3 Å². The molecule has 0 atom stereocenters. The topological polar surface area (TPSA) is 80.9 Å². The van der Waals surface area contributed by atoms with Crippen LogP contribution in [0.3, 0.4) is 0 Å². The van der Waals surface area contributed by atoms with Crippen molar-refractivity contribution in [3.8, 4) is 12.3 Å². The molecule has 0 fully saturated rings. The average Bonchev–Trinajstić information content (AvgIpc) is 2.54. The van der Waals surface area contributed by atoms with Crippen molar-refractivity contribution >= 4 is 28.4 Å². The first-order valence-corrected chi connectivity index (χ1v) is 6.58. The molecule has 0 aliphatic heterocycles. The number of nitrogens with zero attached hydrogens (tertiary/aromatic N) is 2. The molecule has 3 N–H and O–H groups in total. The fourth-order valence-corrected chi connectivity index (χ4v) is 2.17. The third kappa shape index (κ3) is 2.45. The largest absolute Gasteiger partial charge is 0.368 e. The number of carbonyl (C=O) groups is 1. The zero-order chi connectivity index (χ0) is 15.5.